The van der Waals surface area contributed by atoms with Gasteiger partial charge in [0.15, 0.2) is 0 Å². The molecule has 4 nitrogen and oxygen atoms in total. The molecular weight excluding hydrogens is 302 g/mol. The van der Waals surface area contributed by atoms with Crippen LogP contribution in [0.2, 0.25) is 5.28 Å². The second-order valence-corrected chi connectivity index (χ2v) is 5.29. The molecule has 0 radical (unpaired) electrons. The van der Waals surface area contributed by atoms with E-state index in [0.717, 1.165) is 0 Å². The van der Waals surface area contributed by atoms with Crippen LogP contribution in [0.4, 0.5) is 8.78 Å². The van der Waals surface area contributed by atoms with Crippen molar-refractivity contribution in [3.8, 4) is 0 Å². The van der Waals surface area contributed by atoms with Gasteiger partial charge in [0, 0.05) is 12.8 Å². The van der Waals surface area contributed by atoms with Gasteiger partial charge in [0.05, 0.1) is 37.5 Å². The number of aromatic nitrogens is 2. The molecule has 1 aromatic rings. The van der Waals surface area contributed by atoms with E-state index >= 15 is 0 Å². The lowest BCUT2D eigenvalue weighted by Crippen LogP contribution is -2.37. The number of halogens is 3. The van der Waals surface area contributed by atoms with Crippen LogP contribution in [0.15, 0.2) is 12.3 Å². The van der Waals surface area contributed by atoms with Crippen LogP contribution in [-0.4, -0.2) is 29.1 Å². The Morgan fingerprint density at radius 2 is 2.19 bits per heavy atom. The quantitative estimate of drug-likeness (QED) is 0.568. The second kappa shape index (κ2) is 7.13. The van der Waals surface area contributed by atoms with Crippen LogP contribution >= 0.6 is 11.6 Å². The summed E-state index contributed by atoms with van der Waals surface area (Å²) in [5.74, 6) is -2.58. The lowest BCUT2D eigenvalue weighted by atomic mass is 9.82. The molecule has 0 saturated heterocycles. The van der Waals surface area contributed by atoms with Crippen LogP contribution < -0.4 is 0 Å². The molecule has 0 amide bonds. The van der Waals surface area contributed by atoms with Gasteiger partial charge in [0.25, 0.3) is 0 Å². The minimum absolute atomic E-state index is 0.0744. The minimum atomic E-state index is -2.51. The molecule has 2 rings (SSSR count). The smallest absolute Gasteiger partial charge is 0.248 e. The third kappa shape index (κ3) is 5.21. The normalized spacial score (nSPS) is 17.9. The highest BCUT2D eigenvalue weighted by Gasteiger charge is 2.45. The summed E-state index contributed by atoms with van der Waals surface area (Å²) in [5.41, 5.74) is 1.22. The first kappa shape index (κ1) is 16.1. The highest BCUT2D eigenvalue weighted by atomic mass is 35.5. The first-order valence-corrected chi connectivity index (χ1v) is 7.13. The van der Waals surface area contributed by atoms with E-state index in [1.54, 1.807) is 12.1 Å². The van der Waals surface area contributed by atoms with Crippen molar-refractivity contribution < 1.29 is 18.3 Å². The highest BCUT2D eigenvalue weighted by molar-refractivity contribution is 6.28. The summed E-state index contributed by atoms with van der Waals surface area (Å²) in [6.07, 6.45) is 3.01. The van der Waals surface area contributed by atoms with Gasteiger partial charge in [-0.05, 0) is 36.6 Å². The molecule has 0 spiro atoms. The number of ether oxygens (including phenoxy) is 2. The number of alkyl halides is 2. The van der Waals surface area contributed by atoms with Gasteiger partial charge >= 0.3 is 0 Å². The van der Waals surface area contributed by atoms with Crippen molar-refractivity contribution in [3.63, 3.8) is 0 Å². The van der Waals surface area contributed by atoms with Crippen LogP contribution in [0.25, 0.3) is 6.08 Å². The zero-order chi connectivity index (χ0) is 15.3. The molecule has 0 N–H and O–H groups in total. The SMILES string of the molecule is CCOC=Cc1cc(COCC2CC(F)(F)C2)nc(Cl)n1. The first-order valence-electron chi connectivity index (χ1n) is 6.75. The average Bonchev–Trinajstić information content (AvgIpc) is 2.36. The largest absolute Gasteiger partial charge is 0.501 e. The van der Waals surface area contributed by atoms with Gasteiger partial charge in [-0.1, -0.05) is 0 Å². The Hall–Kier alpha value is -1.27. The molecule has 1 fully saturated rings. The predicted octanol–water partition coefficient (Wildman–Crippen LogP) is 3.70. The van der Waals surface area contributed by atoms with Crippen LogP contribution in [0.1, 0.15) is 31.2 Å². The molecule has 7 heteroatoms. The Bertz CT molecular complexity index is 504. The lowest BCUT2D eigenvalue weighted by molar-refractivity contribution is -0.129. The van der Waals surface area contributed by atoms with E-state index in [9.17, 15) is 8.78 Å². The molecule has 116 valence electrons. The highest BCUT2D eigenvalue weighted by Crippen LogP contribution is 2.42. The van der Waals surface area contributed by atoms with E-state index < -0.39 is 5.92 Å². The molecule has 1 saturated carbocycles. The molecule has 1 aliphatic carbocycles. The van der Waals surface area contributed by atoms with Gasteiger partial charge in [-0.2, -0.15) is 0 Å². The molecule has 0 aromatic carbocycles. The molecule has 1 aliphatic rings. The van der Waals surface area contributed by atoms with Crippen molar-refractivity contribution in [2.75, 3.05) is 13.2 Å². The van der Waals surface area contributed by atoms with Crippen molar-refractivity contribution in [2.45, 2.75) is 32.3 Å². The van der Waals surface area contributed by atoms with Crippen molar-refractivity contribution in [2.24, 2.45) is 5.92 Å². The number of hydrogen-bond donors (Lipinski definition) is 0. The molecule has 0 aliphatic heterocycles. The predicted molar refractivity (Wildman–Crippen MR) is 75.0 cm³/mol. The molecule has 0 bridgehead atoms. The summed E-state index contributed by atoms with van der Waals surface area (Å²) in [5, 5.41) is 0.113. The zero-order valence-corrected chi connectivity index (χ0v) is 12.4. The van der Waals surface area contributed by atoms with Crippen molar-refractivity contribution in [1.82, 2.24) is 9.97 Å². The number of rotatable bonds is 7. The van der Waals surface area contributed by atoms with Gasteiger partial charge in [0.1, 0.15) is 0 Å². The monoisotopic (exact) mass is 318 g/mol. The minimum Gasteiger partial charge on any atom is -0.501 e. The fourth-order valence-electron chi connectivity index (χ4n) is 2.09. The Balaban J connectivity index is 1.82. The van der Waals surface area contributed by atoms with Crippen LogP contribution in [0, 0.1) is 5.92 Å². The maximum atomic E-state index is 12.7. The molecule has 1 aromatic heterocycles. The first-order chi connectivity index (χ1) is 9.98. The molecule has 0 unspecified atom stereocenters. The Labute approximate surface area is 127 Å². The van der Waals surface area contributed by atoms with Crippen molar-refractivity contribution in [1.29, 1.82) is 0 Å². The van der Waals surface area contributed by atoms with Gasteiger partial charge < -0.3 is 9.47 Å². The Morgan fingerprint density at radius 1 is 1.43 bits per heavy atom. The van der Waals surface area contributed by atoms with Gasteiger partial charge in [-0.25, -0.2) is 18.7 Å². The van der Waals surface area contributed by atoms with E-state index in [1.807, 2.05) is 6.92 Å². The molecule has 0 atom stereocenters. The molecular formula is C14H17ClF2N2O2. The topological polar surface area (TPSA) is 44.2 Å². The van der Waals surface area contributed by atoms with Crippen LogP contribution in [0.5, 0.6) is 0 Å². The van der Waals surface area contributed by atoms with Gasteiger partial charge in [0.2, 0.25) is 11.2 Å². The maximum absolute atomic E-state index is 12.7. The summed E-state index contributed by atoms with van der Waals surface area (Å²) in [6, 6.07) is 1.72. The third-order valence-corrected chi connectivity index (χ3v) is 3.22. The van der Waals surface area contributed by atoms with E-state index in [-0.39, 0.29) is 30.7 Å². The van der Waals surface area contributed by atoms with Gasteiger partial charge in [-0.3, -0.25) is 0 Å². The fraction of sp³-hybridized carbons (Fsp3) is 0.571. The number of nitrogens with zero attached hydrogens (tertiary/aromatic N) is 2. The Morgan fingerprint density at radius 3 is 2.86 bits per heavy atom. The van der Waals surface area contributed by atoms with Crippen LogP contribution in [-0.2, 0) is 16.1 Å². The zero-order valence-electron chi connectivity index (χ0n) is 11.7. The molecule has 1 heterocycles. The summed E-state index contributed by atoms with van der Waals surface area (Å²) in [7, 11) is 0. The van der Waals surface area contributed by atoms with Gasteiger partial charge in [-0.15, -0.1) is 0 Å². The second-order valence-electron chi connectivity index (χ2n) is 4.96. The van der Waals surface area contributed by atoms with Crippen molar-refractivity contribution in [3.05, 3.63) is 29.0 Å². The summed E-state index contributed by atoms with van der Waals surface area (Å²) >= 11 is 5.83. The number of hydrogen-bond acceptors (Lipinski definition) is 4. The third-order valence-electron chi connectivity index (χ3n) is 3.05. The van der Waals surface area contributed by atoms with E-state index in [1.165, 1.54) is 6.26 Å². The maximum Gasteiger partial charge on any atom is 0.248 e. The average molecular weight is 319 g/mol. The van der Waals surface area contributed by atoms with Crippen molar-refractivity contribution >= 4 is 17.7 Å². The van der Waals surface area contributed by atoms with E-state index in [2.05, 4.69) is 9.97 Å². The molecule has 21 heavy (non-hydrogen) atoms. The summed E-state index contributed by atoms with van der Waals surface area (Å²) in [6.45, 7) is 2.97. The van der Waals surface area contributed by atoms with E-state index in [4.69, 9.17) is 21.1 Å². The van der Waals surface area contributed by atoms with E-state index in [0.29, 0.717) is 24.6 Å². The fourth-order valence-corrected chi connectivity index (χ4v) is 2.30. The Kier molecular flexibility index (Phi) is 5.47. The summed E-state index contributed by atoms with van der Waals surface area (Å²) in [4.78, 5) is 8.07. The standard InChI is InChI=1S/C14H17ClF2N2O2/c1-2-20-4-3-11-5-12(19-13(15)18-11)9-21-8-10-6-14(16,17)7-10/h3-5,10H,2,6-9H2,1H3. The lowest BCUT2D eigenvalue weighted by Gasteiger charge is -2.34. The van der Waals surface area contributed by atoms with Crippen LogP contribution in [0.3, 0.4) is 0 Å². The summed E-state index contributed by atoms with van der Waals surface area (Å²) < 4.78 is 35.9.